The molecule has 3 aromatic heterocycles. The number of halogens is 2. The van der Waals surface area contributed by atoms with E-state index < -0.39 is 23.2 Å². The number of phenolic OH excluding ortho intramolecular Hbond substituents is 1. The fraction of sp³-hybridized carbons (Fsp3) is 0.414. The molecule has 1 amide bonds. The number of anilines is 1. The molecule has 0 saturated carbocycles. The zero-order chi connectivity index (χ0) is 30.5. The molecule has 1 aliphatic heterocycles. The van der Waals surface area contributed by atoms with Crippen molar-refractivity contribution < 1.29 is 19.0 Å². The average molecular weight is 615 g/mol. The number of benzene rings is 1. The second-order valence-electron chi connectivity index (χ2n) is 11.5. The summed E-state index contributed by atoms with van der Waals surface area (Å²) in [6.07, 6.45) is -0.410. The average Bonchev–Trinajstić information content (AvgIpc) is 3.37. The van der Waals surface area contributed by atoms with Gasteiger partial charge in [-0.2, -0.15) is 4.98 Å². The molecule has 222 valence electrons. The van der Waals surface area contributed by atoms with E-state index in [0.29, 0.717) is 41.5 Å². The van der Waals surface area contributed by atoms with E-state index in [1.807, 2.05) is 46.4 Å². The number of hydrogen-bond acceptors (Lipinski definition) is 9. The molecule has 0 unspecified atom stereocenters. The number of amides is 1. The van der Waals surface area contributed by atoms with E-state index in [2.05, 4.69) is 9.97 Å². The first kappa shape index (κ1) is 29.7. The van der Waals surface area contributed by atoms with Gasteiger partial charge in [-0.25, -0.2) is 28.5 Å². The number of piperazine rings is 1. The normalized spacial score (nSPS) is 16.0. The summed E-state index contributed by atoms with van der Waals surface area (Å²) >= 11 is 7.97. The molecule has 1 atom stereocenters. The summed E-state index contributed by atoms with van der Waals surface area (Å²) in [5, 5.41) is 11.6. The van der Waals surface area contributed by atoms with Crippen molar-refractivity contribution >= 4 is 45.9 Å². The molecule has 1 N–H and O–H groups in total. The molecule has 1 fully saturated rings. The summed E-state index contributed by atoms with van der Waals surface area (Å²) < 4.78 is 21.9. The molecule has 13 heteroatoms. The monoisotopic (exact) mass is 614 g/mol. The van der Waals surface area contributed by atoms with Crippen molar-refractivity contribution in [2.75, 3.05) is 24.5 Å². The summed E-state index contributed by atoms with van der Waals surface area (Å²) in [5.41, 5.74) is 1.12. The Morgan fingerprint density at radius 2 is 1.98 bits per heavy atom. The number of rotatable bonds is 4. The van der Waals surface area contributed by atoms with Gasteiger partial charge < -0.3 is 19.6 Å². The molecule has 0 spiro atoms. The fourth-order valence-electron chi connectivity index (χ4n) is 5.01. The van der Waals surface area contributed by atoms with Gasteiger partial charge in [-0.3, -0.25) is 0 Å². The number of pyridine rings is 1. The molecule has 1 aliphatic rings. The minimum absolute atomic E-state index is 0.00351. The maximum absolute atomic E-state index is 15.0. The Morgan fingerprint density at radius 1 is 1.24 bits per heavy atom. The van der Waals surface area contributed by atoms with E-state index in [9.17, 15) is 19.1 Å². The van der Waals surface area contributed by atoms with Crippen LogP contribution in [0.15, 0.2) is 34.6 Å². The topological polar surface area (TPSA) is 114 Å². The van der Waals surface area contributed by atoms with Crippen LogP contribution in [0.2, 0.25) is 5.02 Å². The summed E-state index contributed by atoms with van der Waals surface area (Å²) in [6, 6.07) is 5.28. The number of carbonyl (C=O) groups excluding carboxylic acids is 1. The molecule has 5 rings (SSSR count). The van der Waals surface area contributed by atoms with Crippen LogP contribution in [-0.4, -0.2) is 66.9 Å². The molecule has 0 bridgehead atoms. The minimum Gasteiger partial charge on any atom is -0.507 e. The molecular formula is C29H32ClFN6O4S. The van der Waals surface area contributed by atoms with Crippen LogP contribution in [0, 0.1) is 5.82 Å². The number of aromatic hydroxyl groups is 1. The zero-order valence-electron chi connectivity index (χ0n) is 24.2. The predicted octanol–water partition coefficient (Wildman–Crippen LogP) is 5.97. The van der Waals surface area contributed by atoms with Gasteiger partial charge in [-0.05, 0) is 51.8 Å². The first-order chi connectivity index (χ1) is 19.8. The number of fused-ring (bicyclic) bond motifs is 1. The number of carbonyl (C=O) groups is 1. The van der Waals surface area contributed by atoms with Crippen LogP contribution in [0.3, 0.4) is 0 Å². The number of hydrogen-bond donors (Lipinski definition) is 1. The maximum atomic E-state index is 15.0. The quantitative estimate of drug-likeness (QED) is 0.299. The predicted molar refractivity (Wildman–Crippen MR) is 162 cm³/mol. The summed E-state index contributed by atoms with van der Waals surface area (Å²) in [6.45, 7) is 12.4. The van der Waals surface area contributed by atoms with Gasteiger partial charge in [0.1, 0.15) is 28.0 Å². The second-order valence-corrected chi connectivity index (χ2v) is 12.8. The van der Waals surface area contributed by atoms with E-state index >= 15 is 0 Å². The first-order valence-electron chi connectivity index (χ1n) is 13.6. The van der Waals surface area contributed by atoms with Crippen molar-refractivity contribution in [2.24, 2.45) is 0 Å². The second kappa shape index (κ2) is 11.1. The van der Waals surface area contributed by atoms with Gasteiger partial charge in [-0.15, -0.1) is 11.3 Å². The van der Waals surface area contributed by atoms with Gasteiger partial charge in [0.05, 0.1) is 32.9 Å². The van der Waals surface area contributed by atoms with Crippen molar-refractivity contribution in [3.8, 4) is 22.0 Å². The molecular weight excluding hydrogens is 583 g/mol. The van der Waals surface area contributed by atoms with Crippen LogP contribution < -0.4 is 10.6 Å². The Kier molecular flexibility index (Phi) is 7.88. The van der Waals surface area contributed by atoms with Crippen molar-refractivity contribution in [3.63, 3.8) is 0 Å². The standard InChI is InChI=1S/C29H32ClFN6O4S/c1-15(2)22-26(42-14-32-22)37-25-17(12-18(30)23(33-25)21-19(31)8-7-9-20(21)38)24(34-27(37)39)36-11-10-35(13-16(36)3)28(40)41-29(4,5)6/h7-9,12,14-16,38H,10-11,13H2,1-6H3/t16-/m0/s1. The van der Waals surface area contributed by atoms with Crippen LogP contribution in [-0.2, 0) is 4.74 Å². The van der Waals surface area contributed by atoms with Crippen molar-refractivity contribution in [3.05, 3.63) is 56.8 Å². The molecule has 1 saturated heterocycles. The lowest BCUT2D eigenvalue weighted by atomic mass is 10.1. The molecule has 1 aromatic carbocycles. The number of phenols is 1. The molecule has 4 aromatic rings. The third kappa shape index (κ3) is 5.52. The third-order valence-electron chi connectivity index (χ3n) is 6.91. The third-order valence-corrected chi connectivity index (χ3v) is 8.02. The lowest BCUT2D eigenvalue weighted by Gasteiger charge is -2.41. The van der Waals surface area contributed by atoms with Crippen LogP contribution in [0.4, 0.5) is 15.0 Å². The number of aromatic nitrogens is 4. The lowest BCUT2D eigenvalue weighted by Crippen LogP contribution is -2.55. The highest BCUT2D eigenvalue weighted by atomic mass is 35.5. The molecule has 10 nitrogen and oxygen atoms in total. The van der Waals surface area contributed by atoms with Crippen LogP contribution in [0.1, 0.15) is 53.2 Å². The number of ether oxygens (including phenoxy) is 1. The van der Waals surface area contributed by atoms with Crippen molar-refractivity contribution in [2.45, 2.75) is 59.1 Å². The number of nitrogens with zero attached hydrogens (tertiary/aromatic N) is 6. The van der Waals surface area contributed by atoms with Gasteiger partial charge in [0.15, 0.2) is 5.65 Å². The van der Waals surface area contributed by atoms with Crippen molar-refractivity contribution in [1.29, 1.82) is 0 Å². The van der Waals surface area contributed by atoms with Crippen LogP contribution in [0.25, 0.3) is 27.3 Å². The molecule has 0 radical (unpaired) electrons. The molecule has 42 heavy (non-hydrogen) atoms. The van der Waals surface area contributed by atoms with Gasteiger partial charge in [0, 0.05) is 25.7 Å². The molecule has 4 heterocycles. The Morgan fingerprint density at radius 3 is 2.62 bits per heavy atom. The Labute approximate surface area is 251 Å². The summed E-state index contributed by atoms with van der Waals surface area (Å²) in [7, 11) is 0. The van der Waals surface area contributed by atoms with E-state index in [1.54, 1.807) is 16.5 Å². The molecule has 0 aliphatic carbocycles. The minimum atomic E-state index is -0.709. The van der Waals surface area contributed by atoms with Gasteiger partial charge in [-0.1, -0.05) is 31.5 Å². The highest BCUT2D eigenvalue weighted by Gasteiger charge is 2.33. The van der Waals surface area contributed by atoms with Crippen LogP contribution in [0.5, 0.6) is 5.75 Å². The van der Waals surface area contributed by atoms with Gasteiger partial charge in [0.25, 0.3) is 0 Å². The smallest absolute Gasteiger partial charge is 0.410 e. The Balaban J connectivity index is 1.69. The van der Waals surface area contributed by atoms with E-state index in [-0.39, 0.29) is 39.6 Å². The summed E-state index contributed by atoms with van der Waals surface area (Å²) in [5.74, 6) is -0.702. The fourth-order valence-corrected chi connectivity index (χ4v) is 6.20. The first-order valence-corrected chi connectivity index (χ1v) is 14.8. The van der Waals surface area contributed by atoms with Crippen molar-refractivity contribution in [1.82, 2.24) is 24.4 Å². The Hall–Kier alpha value is -3.77. The van der Waals surface area contributed by atoms with Crippen LogP contribution >= 0.6 is 22.9 Å². The largest absolute Gasteiger partial charge is 0.507 e. The Bertz CT molecular complexity index is 1710. The SMILES string of the molecule is CC(C)c1ncsc1-n1c(=O)nc(N2CCN(C(=O)OC(C)(C)C)C[C@@H]2C)c2cc(Cl)c(-c3c(O)cccc3F)nc21. The maximum Gasteiger partial charge on any atom is 0.410 e. The van der Waals surface area contributed by atoms with Gasteiger partial charge in [0.2, 0.25) is 0 Å². The van der Waals surface area contributed by atoms with E-state index in [4.69, 9.17) is 21.3 Å². The summed E-state index contributed by atoms with van der Waals surface area (Å²) in [4.78, 5) is 43.8. The highest BCUT2D eigenvalue weighted by Crippen LogP contribution is 2.39. The van der Waals surface area contributed by atoms with E-state index in [0.717, 1.165) is 0 Å². The van der Waals surface area contributed by atoms with Gasteiger partial charge >= 0.3 is 11.8 Å². The zero-order valence-corrected chi connectivity index (χ0v) is 25.8. The van der Waals surface area contributed by atoms with E-state index in [1.165, 1.54) is 34.1 Å². The number of thiazole rings is 1. The highest BCUT2D eigenvalue weighted by molar-refractivity contribution is 7.12. The lowest BCUT2D eigenvalue weighted by molar-refractivity contribution is 0.0218.